The fraction of sp³-hybridized carbons (Fsp3) is 0.100. The van der Waals surface area contributed by atoms with Crippen molar-refractivity contribution in [2.75, 3.05) is 0 Å². The number of para-hydroxylation sites is 2. The van der Waals surface area contributed by atoms with Crippen LogP contribution in [0.2, 0.25) is 0 Å². The van der Waals surface area contributed by atoms with Crippen molar-refractivity contribution in [2.45, 2.75) is 21.6 Å². The molecule has 0 saturated heterocycles. The second-order valence-electron chi connectivity index (χ2n) is 6.55. The van der Waals surface area contributed by atoms with Gasteiger partial charge in [0.15, 0.2) is 9.92 Å². The third kappa shape index (κ3) is 3.49. The summed E-state index contributed by atoms with van der Waals surface area (Å²) < 4.78 is 4.12. The molecule has 5 aromatic heterocycles. The summed E-state index contributed by atoms with van der Waals surface area (Å²) in [6, 6.07) is 8.02. The van der Waals surface area contributed by atoms with Gasteiger partial charge in [0.1, 0.15) is 10.1 Å². The molecule has 0 fully saturated rings. The number of thiazole rings is 2. The molecular weight excluding hydrogens is 453 g/mol. The highest BCUT2D eigenvalue weighted by Crippen LogP contribution is 2.33. The van der Waals surface area contributed by atoms with Crippen molar-refractivity contribution in [3.63, 3.8) is 0 Å². The SMILES string of the molecule is c1ccc2nc(SCc3cn4ccsc4n3)c(SCc3cn4ccsc4n3)nc2c1. The normalized spacial score (nSPS) is 11.9. The quantitative estimate of drug-likeness (QED) is 0.296. The van der Waals surface area contributed by atoms with Crippen LogP contribution in [0.4, 0.5) is 0 Å². The van der Waals surface area contributed by atoms with Gasteiger partial charge in [-0.3, -0.25) is 8.80 Å². The zero-order chi connectivity index (χ0) is 19.9. The average Bonchev–Trinajstić information content (AvgIpc) is 3.51. The third-order valence-corrected chi connectivity index (χ3v) is 8.18. The van der Waals surface area contributed by atoms with Gasteiger partial charge >= 0.3 is 0 Å². The summed E-state index contributed by atoms with van der Waals surface area (Å²) in [5, 5.41) is 5.97. The molecule has 0 unspecified atom stereocenters. The highest BCUT2D eigenvalue weighted by atomic mass is 32.2. The lowest BCUT2D eigenvalue weighted by molar-refractivity contribution is 0.965. The molecule has 30 heavy (non-hydrogen) atoms. The van der Waals surface area contributed by atoms with Crippen LogP contribution in [-0.4, -0.2) is 28.7 Å². The maximum absolute atomic E-state index is 4.90. The van der Waals surface area contributed by atoms with E-state index in [1.54, 1.807) is 46.2 Å². The van der Waals surface area contributed by atoms with Crippen molar-refractivity contribution >= 4 is 67.2 Å². The van der Waals surface area contributed by atoms with Crippen LogP contribution in [0.1, 0.15) is 11.4 Å². The first-order valence-electron chi connectivity index (χ1n) is 9.16. The van der Waals surface area contributed by atoms with Gasteiger partial charge in [-0.05, 0) is 12.1 Å². The first-order chi connectivity index (χ1) is 14.8. The number of aromatic nitrogens is 6. The Hall–Kier alpha value is -2.40. The fourth-order valence-electron chi connectivity index (χ4n) is 3.13. The van der Waals surface area contributed by atoms with E-state index in [1.807, 2.05) is 47.4 Å². The van der Waals surface area contributed by atoms with Gasteiger partial charge in [-0.1, -0.05) is 35.7 Å². The number of rotatable bonds is 6. The van der Waals surface area contributed by atoms with Crippen molar-refractivity contribution < 1.29 is 0 Å². The van der Waals surface area contributed by atoms with Crippen LogP contribution in [-0.2, 0) is 11.5 Å². The zero-order valence-electron chi connectivity index (χ0n) is 15.5. The summed E-state index contributed by atoms with van der Waals surface area (Å²) >= 11 is 6.66. The molecule has 0 amide bonds. The van der Waals surface area contributed by atoms with Crippen LogP contribution in [0.3, 0.4) is 0 Å². The van der Waals surface area contributed by atoms with Gasteiger partial charge in [-0.2, -0.15) is 0 Å². The molecule has 0 aliphatic heterocycles. The maximum atomic E-state index is 4.90. The first kappa shape index (κ1) is 18.4. The Kier molecular flexibility index (Phi) is 4.71. The Bertz CT molecular complexity index is 1310. The highest BCUT2D eigenvalue weighted by Gasteiger charge is 2.13. The molecule has 5 heterocycles. The van der Waals surface area contributed by atoms with Crippen LogP contribution in [0.15, 0.2) is 69.9 Å². The van der Waals surface area contributed by atoms with Crippen LogP contribution < -0.4 is 0 Å². The minimum Gasteiger partial charge on any atom is -0.297 e. The van der Waals surface area contributed by atoms with E-state index >= 15 is 0 Å². The molecule has 0 saturated carbocycles. The molecule has 6 rings (SSSR count). The van der Waals surface area contributed by atoms with E-state index in [1.165, 1.54) is 0 Å². The molecule has 0 spiro atoms. The van der Waals surface area contributed by atoms with E-state index in [-0.39, 0.29) is 0 Å². The van der Waals surface area contributed by atoms with E-state index in [9.17, 15) is 0 Å². The van der Waals surface area contributed by atoms with Gasteiger partial charge < -0.3 is 0 Å². The monoisotopic (exact) mass is 466 g/mol. The molecule has 0 radical (unpaired) electrons. The Labute approximate surface area is 188 Å². The van der Waals surface area contributed by atoms with Crippen molar-refractivity contribution in [3.8, 4) is 0 Å². The molecule has 0 aliphatic carbocycles. The number of benzene rings is 1. The molecule has 10 heteroatoms. The summed E-state index contributed by atoms with van der Waals surface area (Å²) in [5.74, 6) is 1.52. The lowest BCUT2D eigenvalue weighted by atomic mass is 10.3. The second kappa shape index (κ2) is 7.69. The molecule has 1 aromatic carbocycles. The van der Waals surface area contributed by atoms with Crippen molar-refractivity contribution in [1.82, 2.24) is 28.7 Å². The number of imidazole rings is 2. The van der Waals surface area contributed by atoms with Crippen LogP contribution in [0.5, 0.6) is 0 Å². The minimum absolute atomic E-state index is 0.759. The molecule has 148 valence electrons. The molecule has 6 aromatic rings. The van der Waals surface area contributed by atoms with E-state index in [0.29, 0.717) is 0 Å². The fourth-order valence-corrected chi connectivity index (χ4v) is 6.43. The summed E-state index contributed by atoms with van der Waals surface area (Å²) in [6.07, 6.45) is 8.23. The largest absolute Gasteiger partial charge is 0.297 e. The van der Waals surface area contributed by atoms with Gasteiger partial charge in [0.25, 0.3) is 0 Å². The number of fused-ring (bicyclic) bond motifs is 3. The summed E-state index contributed by atoms with van der Waals surface area (Å²) in [6.45, 7) is 0. The van der Waals surface area contributed by atoms with Gasteiger partial charge in [0, 0.05) is 47.1 Å². The smallest absolute Gasteiger partial charge is 0.193 e. The lowest BCUT2D eigenvalue weighted by Crippen LogP contribution is -1.94. The topological polar surface area (TPSA) is 60.4 Å². The Morgan fingerprint density at radius 1 is 0.700 bits per heavy atom. The summed E-state index contributed by atoms with van der Waals surface area (Å²) in [4.78, 5) is 21.2. The molecule has 0 bridgehead atoms. The molecular formula is C20H14N6S4. The van der Waals surface area contributed by atoms with Gasteiger partial charge in [-0.15, -0.1) is 22.7 Å². The molecule has 6 nitrogen and oxygen atoms in total. The lowest BCUT2D eigenvalue weighted by Gasteiger charge is -2.08. The van der Waals surface area contributed by atoms with E-state index in [0.717, 1.165) is 53.9 Å². The third-order valence-electron chi connectivity index (χ3n) is 4.51. The van der Waals surface area contributed by atoms with E-state index in [4.69, 9.17) is 9.97 Å². The molecule has 0 aliphatic rings. The zero-order valence-corrected chi connectivity index (χ0v) is 18.8. The Balaban J connectivity index is 1.28. The minimum atomic E-state index is 0.759. The highest BCUT2D eigenvalue weighted by molar-refractivity contribution is 8.01. The predicted octanol–water partition coefficient (Wildman–Crippen LogP) is 5.63. The molecule has 0 atom stereocenters. The first-order valence-corrected chi connectivity index (χ1v) is 12.9. The van der Waals surface area contributed by atoms with Gasteiger partial charge in [0.05, 0.1) is 22.4 Å². The second-order valence-corrected chi connectivity index (χ2v) is 10.2. The predicted molar refractivity (Wildman–Crippen MR) is 125 cm³/mol. The number of hydrogen-bond donors (Lipinski definition) is 0. The van der Waals surface area contributed by atoms with Gasteiger partial charge in [0.2, 0.25) is 0 Å². The van der Waals surface area contributed by atoms with Crippen molar-refractivity contribution in [3.05, 3.63) is 71.2 Å². The number of nitrogens with zero attached hydrogens (tertiary/aromatic N) is 6. The van der Waals surface area contributed by atoms with Crippen molar-refractivity contribution in [1.29, 1.82) is 0 Å². The van der Waals surface area contributed by atoms with Gasteiger partial charge in [-0.25, -0.2) is 19.9 Å². The number of thioether (sulfide) groups is 2. The van der Waals surface area contributed by atoms with Crippen LogP contribution in [0.25, 0.3) is 21.0 Å². The van der Waals surface area contributed by atoms with Crippen molar-refractivity contribution in [2.24, 2.45) is 0 Å². The maximum Gasteiger partial charge on any atom is 0.193 e. The Morgan fingerprint density at radius 2 is 1.20 bits per heavy atom. The van der Waals surface area contributed by atoms with E-state index in [2.05, 4.69) is 31.2 Å². The summed E-state index contributed by atoms with van der Waals surface area (Å²) in [7, 11) is 0. The number of hydrogen-bond acceptors (Lipinski definition) is 8. The van der Waals surface area contributed by atoms with Crippen LogP contribution in [0, 0.1) is 0 Å². The average molecular weight is 467 g/mol. The standard InChI is InChI=1S/C20H14N6S4/c1-2-4-16-15(3-1)23-17(29-11-13-9-25-5-7-27-19(25)21-13)18(24-16)30-12-14-10-26-6-8-28-20(26)22-14/h1-10H,11-12H2. The van der Waals surface area contributed by atoms with E-state index < -0.39 is 0 Å². The van der Waals surface area contributed by atoms with Crippen LogP contribution >= 0.6 is 46.2 Å². The Morgan fingerprint density at radius 3 is 1.67 bits per heavy atom. The summed E-state index contributed by atoms with van der Waals surface area (Å²) in [5.41, 5.74) is 3.93. The molecule has 0 N–H and O–H groups in total.